The van der Waals surface area contributed by atoms with Crippen LogP contribution in [0.15, 0.2) is 42.5 Å². The molecule has 7 nitrogen and oxygen atoms in total. The zero-order valence-electron chi connectivity index (χ0n) is 15.9. The van der Waals surface area contributed by atoms with E-state index in [1.807, 2.05) is 38.1 Å². The van der Waals surface area contributed by atoms with Gasteiger partial charge in [-0.1, -0.05) is 32.0 Å². The highest BCUT2D eigenvalue weighted by molar-refractivity contribution is 6.02. The number of carbonyl (C=O) groups excluding carboxylic acids is 2. The maximum Gasteiger partial charge on any atom is 0.319 e. The number of hydrogen-bond acceptors (Lipinski definition) is 4. The zero-order valence-corrected chi connectivity index (χ0v) is 15.9. The lowest BCUT2D eigenvalue weighted by molar-refractivity contribution is -0.121. The van der Waals surface area contributed by atoms with Gasteiger partial charge in [0.15, 0.2) is 11.5 Å². The summed E-state index contributed by atoms with van der Waals surface area (Å²) in [5.74, 6) is 1.08. The molecule has 28 heavy (non-hydrogen) atoms. The molecule has 0 aromatic heterocycles. The summed E-state index contributed by atoms with van der Waals surface area (Å²) in [7, 11) is 0. The van der Waals surface area contributed by atoms with Gasteiger partial charge in [-0.2, -0.15) is 0 Å². The first kappa shape index (κ1) is 18.2. The van der Waals surface area contributed by atoms with Crippen LogP contribution in [0.4, 0.5) is 16.2 Å². The van der Waals surface area contributed by atoms with Gasteiger partial charge >= 0.3 is 6.03 Å². The van der Waals surface area contributed by atoms with E-state index in [0.29, 0.717) is 23.7 Å². The zero-order chi connectivity index (χ0) is 19.7. The van der Waals surface area contributed by atoms with Crippen molar-refractivity contribution in [1.29, 1.82) is 0 Å². The fourth-order valence-electron chi connectivity index (χ4n) is 3.53. The molecule has 0 aliphatic carbocycles. The molecule has 0 unspecified atom stereocenters. The minimum absolute atomic E-state index is 0.0530. The Morgan fingerprint density at radius 2 is 1.86 bits per heavy atom. The first-order valence-corrected chi connectivity index (χ1v) is 9.39. The largest absolute Gasteiger partial charge is 0.454 e. The lowest BCUT2D eigenvalue weighted by atomic mass is 10.0. The molecule has 0 saturated heterocycles. The van der Waals surface area contributed by atoms with Crippen molar-refractivity contribution < 1.29 is 19.1 Å². The normalized spacial score (nSPS) is 15.3. The van der Waals surface area contributed by atoms with Crippen molar-refractivity contribution in [3.05, 3.63) is 48.0 Å². The number of nitrogens with one attached hydrogen (secondary N) is 2. The molecule has 1 atom stereocenters. The average molecular weight is 381 g/mol. The van der Waals surface area contributed by atoms with Crippen molar-refractivity contribution >= 4 is 23.3 Å². The van der Waals surface area contributed by atoms with E-state index in [4.69, 9.17) is 9.47 Å². The molecule has 0 bridgehead atoms. The lowest BCUT2D eigenvalue weighted by Gasteiger charge is -2.27. The second-order valence-electron chi connectivity index (χ2n) is 7.26. The number of amides is 3. The van der Waals surface area contributed by atoms with Crippen LogP contribution < -0.4 is 25.0 Å². The predicted octanol–water partition coefficient (Wildman–Crippen LogP) is 3.15. The number of hydrogen-bond donors (Lipinski definition) is 2. The van der Waals surface area contributed by atoms with Gasteiger partial charge in [-0.25, -0.2) is 4.79 Å². The first-order chi connectivity index (χ1) is 13.5. The van der Waals surface area contributed by atoms with Crippen LogP contribution in [0, 0.1) is 5.92 Å². The summed E-state index contributed by atoms with van der Waals surface area (Å²) in [6.07, 6.45) is 0.829. The van der Waals surface area contributed by atoms with Crippen LogP contribution in [0.2, 0.25) is 0 Å². The fourth-order valence-corrected chi connectivity index (χ4v) is 3.53. The quantitative estimate of drug-likeness (QED) is 0.853. The third-order valence-corrected chi connectivity index (χ3v) is 5.00. The molecule has 2 N–H and O–H groups in total. The molecule has 0 saturated carbocycles. The van der Waals surface area contributed by atoms with E-state index in [2.05, 4.69) is 10.6 Å². The van der Waals surface area contributed by atoms with Crippen molar-refractivity contribution in [2.45, 2.75) is 26.3 Å². The summed E-state index contributed by atoms with van der Waals surface area (Å²) >= 11 is 0. The van der Waals surface area contributed by atoms with E-state index in [1.165, 1.54) is 0 Å². The van der Waals surface area contributed by atoms with Gasteiger partial charge in [-0.3, -0.25) is 4.79 Å². The van der Waals surface area contributed by atoms with Crippen molar-refractivity contribution in [1.82, 2.24) is 5.32 Å². The smallest absolute Gasteiger partial charge is 0.319 e. The van der Waals surface area contributed by atoms with Crippen molar-refractivity contribution in [2.75, 3.05) is 23.6 Å². The van der Waals surface area contributed by atoms with Crippen LogP contribution in [-0.4, -0.2) is 31.3 Å². The van der Waals surface area contributed by atoms with E-state index in [0.717, 1.165) is 17.7 Å². The number of urea groups is 1. The van der Waals surface area contributed by atoms with E-state index in [-0.39, 0.29) is 18.6 Å². The van der Waals surface area contributed by atoms with Gasteiger partial charge in [0, 0.05) is 24.0 Å². The van der Waals surface area contributed by atoms with E-state index >= 15 is 0 Å². The Labute approximate surface area is 163 Å². The molecule has 146 valence electrons. The topological polar surface area (TPSA) is 79.9 Å². The number of para-hydroxylation sites is 1. The molecule has 2 aliphatic heterocycles. The third-order valence-electron chi connectivity index (χ3n) is 5.00. The summed E-state index contributed by atoms with van der Waals surface area (Å²) in [6, 6.07) is 12.0. The fraction of sp³-hybridized carbons (Fsp3) is 0.333. The van der Waals surface area contributed by atoms with Gasteiger partial charge in [0.2, 0.25) is 12.7 Å². The maximum absolute atomic E-state index is 13.1. The SMILES string of the molecule is CC(C)[C@@H](NC(=O)Nc1ccc2c(c1)OCO2)C(=O)N1CCc2ccccc21. The molecular weight excluding hydrogens is 358 g/mol. The van der Waals surface area contributed by atoms with E-state index in [1.54, 1.807) is 23.1 Å². The Balaban J connectivity index is 1.45. The minimum Gasteiger partial charge on any atom is -0.454 e. The average Bonchev–Trinajstić information content (AvgIpc) is 3.31. The van der Waals surface area contributed by atoms with Gasteiger partial charge in [0.1, 0.15) is 6.04 Å². The first-order valence-electron chi connectivity index (χ1n) is 9.39. The maximum atomic E-state index is 13.1. The van der Waals surface area contributed by atoms with Gasteiger partial charge in [-0.15, -0.1) is 0 Å². The predicted molar refractivity (Wildman–Crippen MR) is 106 cm³/mol. The molecule has 7 heteroatoms. The molecule has 0 spiro atoms. The molecule has 0 radical (unpaired) electrons. The summed E-state index contributed by atoms with van der Waals surface area (Å²) in [5, 5.41) is 5.59. The monoisotopic (exact) mass is 381 g/mol. The van der Waals surface area contributed by atoms with Gasteiger partial charge in [0.25, 0.3) is 0 Å². The van der Waals surface area contributed by atoms with E-state index < -0.39 is 12.1 Å². The van der Waals surface area contributed by atoms with Crippen molar-refractivity contribution in [3.63, 3.8) is 0 Å². The van der Waals surface area contributed by atoms with Crippen molar-refractivity contribution in [2.24, 2.45) is 5.92 Å². The highest BCUT2D eigenvalue weighted by atomic mass is 16.7. The molecule has 2 heterocycles. The molecule has 3 amide bonds. The molecular formula is C21H23N3O4. The second kappa shape index (κ2) is 7.42. The minimum atomic E-state index is -0.625. The Kier molecular flexibility index (Phi) is 4.81. The summed E-state index contributed by atoms with van der Waals surface area (Å²) in [4.78, 5) is 27.4. The molecule has 2 aliphatic rings. The molecule has 0 fully saturated rings. The Morgan fingerprint density at radius 3 is 2.68 bits per heavy atom. The highest BCUT2D eigenvalue weighted by Crippen LogP contribution is 2.34. The van der Waals surface area contributed by atoms with Crippen LogP contribution in [0.3, 0.4) is 0 Å². The number of ether oxygens (including phenoxy) is 2. The van der Waals surface area contributed by atoms with Crippen LogP contribution >= 0.6 is 0 Å². The number of anilines is 2. The summed E-state index contributed by atoms with van der Waals surface area (Å²) in [5.41, 5.74) is 2.66. The summed E-state index contributed by atoms with van der Waals surface area (Å²) in [6.45, 7) is 4.65. The van der Waals surface area contributed by atoms with Crippen LogP contribution in [0.25, 0.3) is 0 Å². The number of nitrogens with zero attached hydrogens (tertiary/aromatic N) is 1. The van der Waals surface area contributed by atoms with Crippen molar-refractivity contribution in [3.8, 4) is 11.5 Å². The van der Waals surface area contributed by atoms with E-state index in [9.17, 15) is 9.59 Å². The lowest BCUT2D eigenvalue weighted by Crippen LogP contribution is -2.52. The van der Waals surface area contributed by atoms with Gasteiger partial charge in [0.05, 0.1) is 0 Å². The molecule has 2 aromatic carbocycles. The highest BCUT2D eigenvalue weighted by Gasteiger charge is 2.32. The standard InChI is InChI=1S/C21H23N3O4/c1-13(2)19(20(25)24-10-9-14-5-3-4-6-16(14)24)23-21(26)22-15-7-8-17-18(11-15)28-12-27-17/h3-8,11,13,19H,9-10,12H2,1-2H3,(H2,22,23,26)/t19-/m1/s1. The van der Waals surface area contributed by atoms with Crippen LogP contribution in [0.1, 0.15) is 19.4 Å². The molecule has 2 aromatic rings. The van der Waals surface area contributed by atoms with Gasteiger partial charge in [-0.05, 0) is 36.1 Å². The summed E-state index contributed by atoms with van der Waals surface area (Å²) < 4.78 is 10.6. The number of fused-ring (bicyclic) bond motifs is 2. The number of rotatable bonds is 4. The Bertz CT molecular complexity index is 912. The third kappa shape index (κ3) is 3.47. The number of benzene rings is 2. The van der Waals surface area contributed by atoms with Crippen LogP contribution in [0.5, 0.6) is 11.5 Å². The van der Waals surface area contributed by atoms with Crippen LogP contribution in [-0.2, 0) is 11.2 Å². The van der Waals surface area contributed by atoms with Gasteiger partial charge < -0.3 is 25.0 Å². The molecule has 4 rings (SSSR count). The second-order valence-corrected chi connectivity index (χ2v) is 7.26. The Morgan fingerprint density at radius 1 is 1.07 bits per heavy atom. The number of carbonyl (C=O) groups is 2. The Hall–Kier alpha value is -3.22.